The Balaban J connectivity index is 1.64. The normalized spacial score (nSPS) is 17.8. The molecule has 0 saturated carbocycles. The smallest absolute Gasteiger partial charge is 0.132 e. The number of nitrogens with one attached hydrogen (secondary N) is 1. The SMILES string of the molecule is CC1COc2c1ccc1sc3c(c21)C(c1cc(C(C)(C)C)c2ccccc2c1)=NCN3. The molecule has 0 fully saturated rings. The molecule has 3 aromatic carbocycles. The molecule has 4 aromatic rings. The monoisotopic (exact) mass is 426 g/mol. The summed E-state index contributed by atoms with van der Waals surface area (Å²) in [4.78, 5) is 4.99. The fourth-order valence-electron chi connectivity index (χ4n) is 4.94. The minimum absolute atomic E-state index is 0.0441. The quantitative estimate of drug-likeness (QED) is 0.353. The van der Waals surface area contributed by atoms with Gasteiger partial charge in [0.15, 0.2) is 0 Å². The number of hydrogen-bond donors (Lipinski definition) is 1. The molecule has 0 aliphatic carbocycles. The van der Waals surface area contributed by atoms with Crippen LogP contribution >= 0.6 is 11.3 Å². The molecule has 0 bridgehead atoms. The van der Waals surface area contributed by atoms with E-state index in [-0.39, 0.29) is 5.41 Å². The summed E-state index contributed by atoms with van der Waals surface area (Å²) in [6.07, 6.45) is 0. The Morgan fingerprint density at radius 1 is 1.10 bits per heavy atom. The van der Waals surface area contributed by atoms with Gasteiger partial charge in [-0.3, -0.25) is 4.99 Å². The molecule has 3 heterocycles. The van der Waals surface area contributed by atoms with Crippen molar-refractivity contribution in [3.63, 3.8) is 0 Å². The number of benzene rings is 3. The second kappa shape index (κ2) is 6.57. The van der Waals surface area contributed by atoms with E-state index in [4.69, 9.17) is 9.73 Å². The molecule has 4 heteroatoms. The fourth-order valence-corrected chi connectivity index (χ4v) is 6.03. The van der Waals surface area contributed by atoms with Gasteiger partial charge in [0, 0.05) is 32.7 Å². The highest BCUT2D eigenvalue weighted by Gasteiger charge is 2.30. The minimum atomic E-state index is 0.0441. The Morgan fingerprint density at radius 3 is 2.77 bits per heavy atom. The van der Waals surface area contributed by atoms with Crippen LogP contribution in [0.3, 0.4) is 0 Å². The van der Waals surface area contributed by atoms with Crippen LogP contribution in [0.2, 0.25) is 0 Å². The van der Waals surface area contributed by atoms with Crippen LogP contribution in [0.25, 0.3) is 20.9 Å². The maximum Gasteiger partial charge on any atom is 0.132 e. The van der Waals surface area contributed by atoms with Crippen LogP contribution in [0.5, 0.6) is 5.75 Å². The largest absolute Gasteiger partial charge is 0.492 e. The van der Waals surface area contributed by atoms with Gasteiger partial charge < -0.3 is 10.1 Å². The predicted octanol–water partition coefficient (Wildman–Crippen LogP) is 7.07. The van der Waals surface area contributed by atoms with Crippen molar-refractivity contribution < 1.29 is 4.74 Å². The van der Waals surface area contributed by atoms with Gasteiger partial charge in [0.25, 0.3) is 0 Å². The first-order valence-corrected chi connectivity index (χ1v) is 11.8. The lowest BCUT2D eigenvalue weighted by Gasteiger charge is -2.24. The van der Waals surface area contributed by atoms with Crippen molar-refractivity contribution in [3.05, 3.63) is 70.8 Å². The lowest BCUT2D eigenvalue weighted by atomic mass is 9.81. The third-order valence-electron chi connectivity index (χ3n) is 6.50. The molecule has 0 saturated heterocycles. The zero-order valence-electron chi connectivity index (χ0n) is 18.4. The third kappa shape index (κ3) is 2.81. The lowest BCUT2D eigenvalue weighted by molar-refractivity contribution is 0.340. The topological polar surface area (TPSA) is 33.6 Å². The van der Waals surface area contributed by atoms with E-state index in [0.717, 1.165) is 18.1 Å². The zero-order chi connectivity index (χ0) is 21.3. The first-order chi connectivity index (χ1) is 14.9. The summed E-state index contributed by atoms with van der Waals surface area (Å²) >= 11 is 1.81. The second-order valence-electron chi connectivity index (χ2n) is 9.71. The van der Waals surface area contributed by atoms with Crippen molar-refractivity contribution in [1.29, 1.82) is 0 Å². The third-order valence-corrected chi connectivity index (χ3v) is 7.62. The molecule has 1 unspecified atom stereocenters. The number of anilines is 1. The Morgan fingerprint density at radius 2 is 1.94 bits per heavy atom. The minimum Gasteiger partial charge on any atom is -0.492 e. The summed E-state index contributed by atoms with van der Waals surface area (Å²) < 4.78 is 7.47. The summed E-state index contributed by atoms with van der Waals surface area (Å²) in [5, 5.41) is 8.52. The van der Waals surface area contributed by atoms with Crippen LogP contribution in [0.1, 0.15) is 55.9 Å². The van der Waals surface area contributed by atoms with E-state index in [0.29, 0.717) is 12.6 Å². The molecule has 1 aromatic heterocycles. The molecule has 2 aliphatic rings. The molecule has 31 heavy (non-hydrogen) atoms. The second-order valence-corrected chi connectivity index (χ2v) is 10.8. The first-order valence-electron chi connectivity index (χ1n) is 11.0. The molecule has 0 radical (unpaired) electrons. The van der Waals surface area contributed by atoms with E-state index in [1.54, 1.807) is 11.3 Å². The van der Waals surface area contributed by atoms with Gasteiger partial charge in [-0.15, -0.1) is 11.3 Å². The summed E-state index contributed by atoms with van der Waals surface area (Å²) in [6, 6.07) is 17.8. The van der Waals surface area contributed by atoms with Crippen LogP contribution < -0.4 is 10.1 Å². The van der Waals surface area contributed by atoms with Gasteiger partial charge in [-0.25, -0.2) is 0 Å². The van der Waals surface area contributed by atoms with Crippen molar-refractivity contribution in [2.75, 3.05) is 18.6 Å². The van der Waals surface area contributed by atoms with E-state index in [1.807, 2.05) is 0 Å². The van der Waals surface area contributed by atoms with Gasteiger partial charge in [-0.2, -0.15) is 0 Å². The number of nitrogens with zero attached hydrogens (tertiary/aromatic N) is 1. The molecular weight excluding hydrogens is 400 g/mol. The molecule has 0 spiro atoms. The van der Waals surface area contributed by atoms with Crippen LogP contribution in [0.4, 0.5) is 5.00 Å². The van der Waals surface area contributed by atoms with Crippen molar-refractivity contribution >= 4 is 42.9 Å². The van der Waals surface area contributed by atoms with Gasteiger partial charge in [0.2, 0.25) is 0 Å². The molecular formula is C27H26N2OS. The molecule has 3 nitrogen and oxygen atoms in total. The average molecular weight is 427 g/mol. The first kappa shape index (κ1) is 18.9. The van der Waals surface area contributed by atoms with Gasteiger partial charge in [0.1, 0.15) is 17.4 Å². The number of aliphatic imine (C=N–C) groups is 1. The summed E-state index contributed by atoms with van der Waals surface area (Å²) in [6.45, 7) is 10.5. The molecule has 2 aliphatic heterocycles. The van der Waals surface area contributed by atoms with Gasteiger partial charge in [-0.05, 0) is 39.9 Å². The van der Waals surface area contributed by atoms with E-state index < -0.39 is 0 Å². The standard InChI is InChI=1S/C27H26N2OS/c1-15-13-30-25-18(15)9-10-21-22(25)23-24(28-14-29-26(23)31-21)17-11-16-7-5-6-8-19(16)20(12-17)27(2,3)4/h5-12,15,29H,13-14H2,1-4H3. The molecule has 6 rings (SSSR count). The highest BCUT2D eigenvalue weighted by molar-refractivity contribution is 7.23. The van der Waals surface area contributed by atoms with Crippen molar-refractivity contribution in [2.24, 2.45) is 4.99 Å². The molecule has 1 N–H and O–H groups in total. The number of thiophene rings is 1. The Hall–Kier alpha value is -2.85. The van der Waals surface area contributed by atoms with E-state index >= 15 is 0 Å². The maximum atomic E-state index is 6.20. The lowest BCUT2D eigenvalue weighted by Crippen LogP contribution is -2.17. The number of ether oxygens (including phenoxy) is 1. The Kier molecular flexibility index (Phi) is 4.00. The molecule has 156 valence electrons. The van der Waals surface area contributed by atoms with Crippen LogP contribution in [0.15, 0.2) is 53.5 Å². The van der Waals surface area contributed by atoms with E-state index in [1.165, 1.54) is 48.1 Å². The van der Waals surface area contributed by atoms with Crippen LogP contribution in [-0.2, 0) is 5.41 Å². The van der Waals surface area contributed by atoms with Crippen LogP contribution in [-0.4, -0.2) is 19.0 Å². The summed E-state index contributed by atoms with van der Waals surface area (Å²) in [7, 11) is 0. The van der Waals surface area contributed by atoms with Gasteiger partial charge >= 0.3 is 0 Å². The molecule has 0 amide bonds. The summed E-state index contributed by atoms with van der Waals surface area (Å²) in [5.41, 5.74) is 6.18. The van der Waals surface area contributed by atoms with Crippen molar-refractivity contribution in [1.82, 2.24) is 0 Å². The molecule has 1 atom stereocenters. The van der Waals surface area contributed by atoms with Gasteiger partial charge in [0.05, 0.1) is 12.3 Å². The highest BCUT2D eigenvalue weighted by Crippen LogP contribution is 2.48. The predicted molar refractivity (Wildman–Crippen MR) is 133 cm³/mol. The fraction of sp³-hybridized carbons (Fsp3) is 0.296. The van der Waals surface area contributed by atoms with Crippen molar-refractivity contribution in [3.8, 4) is 5.75 Å². The van der Waals surface area contributed by atoms with E-state index in [2.05, 4.69) is 81.5 Å². The zero-order valence-corrected chi connectivity index (χ0v) is 19.2. The van der Waals surface area contributed by atoms with E-state index in [9.17, 15) is 0 Å². The Bertz CT molecular complexity index is 1390. The highest BCUT2D eigenvalue weighted by atomic mass is 32.1. The maximum absolute atomic E-state index is 6.20. The number of rotatable bonds is 1. The number of hydrogen-bond acceptors (Lipinski definition) is 4. The van der Waals surface area contributed by atoms with Crippen LogP contribution in [0, 0.1) is 0 Å². The van der Waals surface area contributed by atoms with Crippen molar-refractivity contribution in [2.45, 2.75) is 39.0 Å². The number of fused-ring (bicyclic) bond motifs is 6. The van der Waals surface area contributed by atoms with Gasteiger partial charge in [-0.1, -0.05) is 58.0 Å². The average Bonchev–Trinajstić information content (AvgIpc) is 3.32. The summed E-state index contributed by atoms with van der Waals surface area (Å²) in [5.74, 6) is 1.48. The Labute approximate surface area is 186 Å².